The molecular formula is C22H29N. The molecule has 0 heterocycles. The third-order valence-corrected chi connectivity index (χ3v) is 4.23. The Kier molecular flexibility index (Phi) is 7.55. The second-order valence-corrected chi connectivity index (χ2v) is 6.41. The standard InChI is InChI=1S/C22H29N/c1-8-10-22(17(5)9-2)15-20-11-13-21(14-12-20)19(7)23-18(6)16(3)4/h2,11-14,16,22H,5,7-8,10,15H2,1,3-4,6H3/b23-18+. The van der Waals surface area contributed by atoms with Gasteiger partial charge in [-0.3, -0.25) is 4.99 Å². The van der Waals surface area contributed by atoms with Crippen LogP contribution in [0.1, 0.15) is 51.7 Å². The lowest BCUT2D eigenvalue weighted by molar-refractivity contribution is 0.562. The third-order valence-electron chi connectivity index (χ3n) is 4.23. The van der Waals surface area contributed by atoms with E-state index >= 15 is 0 Å². The zero-order valence-electron chi connectivity index (χ0n) is 15.0. The summed E-state index contributed by atoms with van der Waals surface area (Å²) in [4.78, 5) is 4.59. The van der Waals surface area contributed by atoms with Crippen LogP contribution in [-0.2, 0) is 6.42 Å². The summed E-state index contributed by atoms with van der Waals surface area (Å²) in [5.74, 6) is 3.51. The maximum atomic E-state index is 5.52. The molecular weight excluding hydrogens is 278 g/mol. The number of aliphatic imine (C=N–C) groups is 1. The van der Waals surface area contributed by atoms with Crippen LogP contribution in [0.2, 0.25) is 0 Å². The molecule has 0 saturated carbocycles. The molecule has 0 bridgehead atoms. The Morgan fingerprint density at radius 3 is 2.30 bits per heavy atom. The van der Waals surface area contributed by atoms with Crippen molar-refractivity contribution in [3.63, 3.8) is 0 Å². The summed E-state index contributed by atoms with van der Waals surface area (Å²) in [6, 6.07) is 8.48. The number of benzene rings is 1. The number of terminal acetylenes is 1. The van der Waals surface area contributed by atoms with Crippen molar-refractivity contribution in [1.29, 1.82) is 0 Å². The summed E-state index contributed by atoms with van der Waals surface area (Å²) in [5.41, 5.74) is 5.17. The molecule has 0 radical (unpaired) electrons. The average Bonchev–Trinajstić information content (AvgIpc) is 2.54. The summed E-state index contributed by atoms with van der Waals surface area (Å²) in [6.45, 7) is 16.6. The number of nitrogens with zero attached hydrogens (tertiary/aromatic N) is 1. The summed E-state index contributed by atoms with van der Waals surface area (Å²) >= 11 is 0. The van der Waals surface area contributed by atoms with Gasteiger partial charge in [0.1, 0.15) is 0 Å². The first kappa shape index (κ1) is 19.0. The largest absolute Gasteiger partial charge is 0.258 e. The molecule has 1 aromatic carbocycles. The fourth-order valence-electron chi connectivity index (χ4n) is 2.39. The molecule has 0 saturated heterocycles. The smallest absolute Gasteiger partial charge is 0.0629 e. The molecule has 0 aliphatic heterocycles. The van der Waals surface area contributed by atoms with E-state index in [1.807, 2.05) is 6.92 Å². The zero-order valence-corrected chi connectivity index (χ0v) is 15.0. The summed E-state index contributed by atoms with van der Waals surface area (Å²) in [5, 5.41) is 0. The lowest BCUT2D eigenvalue weighted by Crippen LogP contribution is -2.06. The Balaban J connectivity index is 2.84. The van der Waals surface area contributed by atoms with E-state index in [1.54, 1.807) is 0 Å². The van der Waals surface area contributed by atoms with E-state index in [2.05, 4.69) is 69.1 Å². The highest BCUT2D eigenvalue weighted by Gasteiger charge is 2.11. The van der Waals surface area contributed by atoms with E-state index in [4.69, 9.17) is 6.42 Å². The van der Waals surface area contributed by atoms with Crippen molar-refractivity contribution >= 4 is 11.4 Å². The van der Waals surface area contributed by atoms with Gasteiger partial charge in [0.25, 0.3) is 0 Å². The molecule has 0 amide bonds. The maximum Gasteiger partial charge on any atom is 0.0629 e. The van der Waals surface area contributed by atoms with Crippen molar-refractivity contribution < 1.29 is 0 Å². The topological polar surface area (TPSA) is 12.4 Å². The minimum atomic E-state index is 0.361. The zero-order chi connectivity index (χ0) is 17.4. The number of allylic oxidation sites excluding steroid dienone is 1. The molecule has 1 nitrogen and oxygen atoms in total. The number of hydrogen-bond donors (Lipinski definition) is 0. The van der Waals surface area contributed by atoms with Gasteiger partial charge in [0, 0.05) is 5.71 Å². The van der Waals surface area contributed by atoms with E-state index in [9.17, 15) is 0 Å². The maximum absolute atomic E-state index is 5.52. The van der Waals surface area contributed by atoms with Gasteiger partial charge in [-0.05, 0) is 48.3 Å². The molecule has 0 spiro atoms. The molecule has 1 rings (SSSR count). The van der Waals surface area contributed by atoms with Crippen molar-refractivity contribution in [2.24, 2.45) is 16.8 Å². The van der Waals surface area contributed by atoms with Crippen molar-refractivity contribution in [3.8, 4) is 12.3 Å². The molecule has 0 N–H and O–H groups in total. The van der Waals surface area contributed by atoms with E-state index < -0.39 is 0 Å². The van der Waals surface area contributed by atoms with Gasteiger partial charge in [0.2, 0.25) is 0 Å². The van der Waals surface area contributed by atoms with Crippen LogP contribution < -0.4 is 0 Å². The molecule has 0 aliphatic carbocycles. The van der Waals surface area contributed by atoms with Gasteiger partial charge in [-0.2, -0.15) is 0 Å². The van der Waals surface area contributed by atoms with Gasteiger partial charge < -0.3 is 0 Å². The Morgan fingerprint density at radius 2 is 1.83 bits per heavy atom. The summed E-state index contributed by atoms with van der Waals surface area (Å²) in [6.07, 6.45) is 8.65. The van der Waals surface area contributed by atoms with Gasteiger partial charge in [-0.1, -0.05) is 70.5 Å². The van der Waals surface area contributed by atoms with Crippen LogP contribution in [0.15, 0.2) is 48.0 Å². The van der Waals surface area contributed by atoms with E-state index in [1.165, 1.54) is 5.56 Å². The first-order chi connectivity index (χ1) is 10.9. The van der Waals surface area contributed by atoms with Gasteiger partial charge in [-0.25, -0.2) is 0 Å². The Labute approximate surface area is 142 Å². The van der Waals surface area contributed by atoms with E-state index in [0.29, 0.717) is 11.8 Å². The molecule has 0 fully saturated rings. The first-order valence-corrected chi connectivity index (χ1v) is 8.37. The lowest BCUT2D eigenvalue weighted by atomic mass is 9.89. The minimum absolute atomic E-state index is 0.361. The van der Waals surface area contributed by atoms with Crippen LogP contribution in [0.25, 0.3) is 5.70 Å². The summed E-state index contributed by atoms with van der Waals surface area (Å²) in [7, 11) is 0. The van der Waals surface area contributed by atoms with Crippen LogP contribution in [0.5, 0.6) is 0 Å². The summed E-state index contributed by atoms with van der Waals surface area (Å²) < 4.78 is 0. The molecule has 122 valence electrons. The Morgan fingerprint density at radius 1 is 1.22 bits per heavy atom. The Bertz CT molecular complexity index is 608. The van der Waals surface area contributed by atoms with Crippen molar-refractivity contribution in [2.45, 2.75) is 47.0 Å². The first-order valence-electron chi connectivity index (χ1n) is 8.37. The normalized spacial score (nSPS) is 12.8. The molecule has 1 atom stereocenters. The van der Waals surface area contributed by atoms with Crippen molar-refractivity contribution in [3.05, 3.63) is 54.1 Å². The monoisotopic (exact) mass is 307 g/mol. The number of hydrogen-bond acceptors (Lipinski definition) is 1. The third kappa shape index (κ3) is 5.91. The number of rotatable bonds is 8. The minimum Gasteiger partial charge on any atom is -0.258 e. The van der Waals surface area contributed by atoms with Crippen LogP contribution in [0.4, 0.5) is 0 Å². The van der Waals surface area contributed by atoms with E-state index in [-0.39, 0.29) is 0 Å². The molecule has 1 unspecified atom stereocenters. The fraction of sp³-hybridized carbons (Fsp3) is 0.409. The van der Waals surface area contributed by atoms with Crippen LogP contribution in [0.3, 0.4) is 0 Å². The molecule has 23 heavy (non-hydrogen) atoms. The van der Waals surface area contributed by atoms with Gasteiger partial charge in [0.05, 0.1) is 5.70 Å². The molecule has 0 aromatic heterocycles. The van der Waals surface area contributed by atoms with Crippen LogP contribution in [0, 0.1) is 24.2 Å². The van der Waals surface area contributed by atoms with Gasteiger partial charge in [0.15, 0.2) is 0 Å². The predicted octanol–water partition coefficient (Wildman–Crippen LogP) is 5.92. The highest BCUT2D eigenvalue weighted by atomic mass is 14.8. The average molecular weight is 307 g/mol. The highest BCUT2D eigenvalue weighted by Crippen LogP contribution is 2.22. The lowest BCUT2D eigenvalue weighted by Gasteiger charge is -2.15. The Hall–Kier alpha value is -2.07. The van der Waals surface area contributed by atoms with E-state index in [0.717, 1.165) is 41.8 Å². The second kappa shape index (κ2) is 9.16. The van der Waals surface area contributed by atoms with Crippen LogP contribution >= 0.6 is 0 Å². The fourth-order valence-corrected chi connectivity index (χ4v) is 2.39. The molecule has 1 heteroatoms. The van der Waals surface area contributed by atoms with Crippen molar-refractivity contribution in [2.75, 3.05) is 0 Å². The van der Waals surface area contributed by atoms with Gasteiger partial charge in [-0.15, -0.1) is 6.42 Å². The second-order valence-electron chi connectivity index (χ2n) is 6.41. The van der Waals surface area contributed by atoms with Gasteiger partial charge >= 0.3 is 0 Å². The molecule has 1 aromatic rings. The highest BCUT2D eigenvalue weighted by molar-refractivity contribution is 5.88. The molecule has 0 aliphatic rings. The predicted molar refractivity (Wildman–Crippen MR) is 103 cm³/mol. The van der Waals surface area contributed by atoms with Crippen LogP contribution in [-0.4, -0.2) is 5.71 Å². The van der Waals surface area contributed by atoms with Crippen molar-refractivity contribution in [1.82, 2.24) is 0 Å². The quantitative estimate of drug-likeness (QED) is 0.417. The SMILES string of the molecule is C#CC(=C)C(CCC)Cc1ccc(C(=C)/N=C(\C)C(C)C)cc1.